The van der Waals surface area contributed by atoms with Gasteiger partial charge in [-0.2, -0.15) is 0 Å². The lowest BCUT2D eigenvalue weighted by atomic mass is 10.2. The second kappa shape index (κ2) is 7.86. The van der Waals surface area contributed by atoms with Crippen LogP contribution in [0.5, 0.6) is 5.75 Å². The van der Waals surface area contributed by atoms with E-state index >= 15 is 0 Å². The molecule has 1 amide bonds. The van der Waals surface area contributed by atoms with Gasteiger partial charge in [-0.3, -0.25) is 4.79 Å². The summed E-state index contributed by atoms with van der Waals surface area (Å²) in [5.41, 5.74) is 1.19. The van der Waals surface area contributed by atoms with Crippen LogP contribution in [0, 0.1) is 5.82 Å². The number of anilines is 1. The molecule has 1 N–H and O–H groups in total. The Hall–Kier alpha value is -3.09. The standard InChI is InChI=1S/C19H19FN2O4/c20-15-3-5-16(6-4-15)21-9-11-22(12-10-21)18(24)13-26-19(25)14-1-7-17(23)8-2-14/h1-8,23H,9-13H2. The van der Waals surface area contributed by atoms with Crippen LogP contribution in [0.2, 0.25) is 0 Å². The van der Waals surface area contributed by atoms with Crippen molar-refractivity contribution in [2.75, 3.05) is 37.7 Å². The summed E-state index contributed by atoms with van der Waals surface area (Å²) in [6, 6.07) is 11.9. The van der Waals surface area contributed by atoms with Crippen LogP contribution < -0.4 is 4.90 Å². The number of nitrogens with zero attached hydrogens (tertiary/aromatic N) is 2. The van der Waals surface area contributed by atoms with Gasteiger partial charge in [-0.1, -0.05) is 0 Å². The molecule has 1 aliphatic heterocycles. The Morgan fingerprint density at radius 3 is 2.19 bits per heavy atom. The number of ether oxygens (including phenoxy) is 1. The minimum Gasteiger partial charge on any atom is -0.508 e. The van der Waals surface area contributed by atoms with E-state index in [1.54, 1.807) is 17.0 Å². The summed E-state index contributed by atoms with van der Waals surface area (Å²) >= 11 is 0. The van der Waals surface area contributed by atoms with Gasteiger partial charge in [0.25, 0.3) is 5.91 Å². The van der Waals surface area contributed by atoms with Gasteiger partial charge in [-0.15, -0.1) is 0 Å². The van der Waals surface area contributed by atoms with E-state index in [2.05, 4.69) is 4.90 Å². The Kier molecular flexibility index (Phi) is 5.36. The molecule has 0 unspecified atom stereocenters. The van der Waals surface area contributed by atoms with E-state index in [9.17, 15) is 19.1 Å². The molecule has 26 heavy (non-hydrogen) atoms. The smallest absolute Gasteiger partial charge is 0.338 e. The Balaban J connectivity index is 1.47. The number of carbonyl (C=O) groups excluding carboxylic acids is 2. The lowest BCUT2D eigenvalue weighted by Gasteiger charge is -2.36. The van der Waals surface area contributed by atoms with E-state index < -0.39 is 5.97 Å². The zero-order valence-corrected chi connectivity index (χ0v) is 14.1. The van der Waals surface area contributed by atoms with Crippen molar-refractivity contribution in [1.82, 2.24) is 4.90 Å². The van der Waals surface area contributed by atoms with Gasteiger partial charge in [0.05, 0.1) is 5.56 Å². The molecule has 1 heterocycles. The van der Waals surface area contributed by atoms with Crippen molar-refractivity contribution in [3.05, 3.63) is 59.9 Å². The first-order valence-electron chi connectivity index (χ1n) is 8.27. The Morgan fingerprint density at radius 2 is 1.58 bits per heavy atom. The number of aromatic hydroxyl groups is 1. The number of benzene rings is 2. The highest BCUT2D eigenvalue weighted by atomic mass is 19.1. The number of hydrogen-bond donors (Lipinski definition) is 1. The van der Waals surface area contributed by atoms with Crippen molar-refractivity contribution in [2.45, 2.75) is 0 Å². The average molecular weight is 358 g/mol. The number of phenols is 1. The van der Waals surface area contributed by atoms with Crippen LogP contribution >= 0.6 is 0 Å². The summed E-state index contributed by atoms with van der Waals surface area (Å²) < 4.78 is 18.0. The molecule has 6 nitrogen and oxygen atoms in total. The maximum atomic E-state index is 13.0. The molecular formula is C19H19FN2O4. The summed E-state index contributed by atoms with van der Waals surface area (Å²) in [6.45, 7) is 1.95. The largest absolute Gasteiger partial charge is 0.508 e. The van der Waals surface area contributed by atoms with Crippen LogP contribution in [0.4, 0.5) is 10.1 Å². The molecule has 2 aromatic rings. The normalized spacial score (nSPS) is 14.2. The quantitative estimate of drug-likeness (QED) is 0.847. The highest BCUT2D eigenvalue weighted by Crippen LogP contribution is 2.17. The molecule has 0 bridgehead atoms. The molecule has 3 rings (SSSR count). The average Bonchev–Trinajstić information content (AvgIpc) is 2.67. The molecular weight excluding hydrogens is 339 g/mol. The van der Waals surface area contributed by atoms with Crippen LogP contribution in [0.3, 0.4) is 0 Å². The molecule has 7 heteroatoms. The number of piperazine rings is 1. The predicted octanol–water partition coefficient (Wildman–Crippen LogP) is 2.04. The lowest BCUT2D eigenvalue weighted by molar-refractivity contribution is -0.134. The first-order chi connectivity index (χ1) is 12.5. The van der Waals surface area contributed by atoms with Crippen molar-refractivity contribution in [3.63, 3.8) is 0 Å². The molecule has 0 radical (unpaired) electrons. The van der Waals surface area contributed by atoms with E-state index in [-0.39, 0.29) is 29.6 Å². The van der Waals surface area contributed by atoms with E-state index in [1.807, 2.05) is 0 Å². The number of rotatable bonds is 4. The SMILES string of the molecule is O=C(OCC(=O)N1CCN(c2ccc(F)cc2)CC1)c1ccc(O)cc1. The minimum atomic E-state index is -0.608. The van der Waals surface area contributed by atoms with Gasteiger partial charge in [-0.05, 0) is 48.5 Å². The molecule has 2 aromatic carbocycles. The molecule has 0 saturated carbocycles. The monoisotopic (exact) mass is 358 g/mol. The summed E-state index contributed by atoms with van der Waals surface area (Å²) in [7, 11) is 0. The molecule has 1 aliphatic rings. The Labute approximate surface area is 150 Å². The number of hydrogen-bond acceptors (Lipinski definition) is 5. The van der Waals surface area contributed by atoms with E-state index in [0.717, 1.165) is 5.69 Å². The van der Waals surface area contributed by atoms with E-state index in [4.69, 9.17) is 4.74 Å². The van der Waals surface area contributed by atoms with E-state index in [0.29, 0.717) is 26.2 Å². The molecule has 0 aromatic heterocycles. The van der Waals surface area contributed by atoms with Gasteiger partial charge in [0.2, 0.25) is 0 Å². The highest BCUT2D eigenvalue weighted by molar-refractivity contribution is 5.91. The number of phenolic OH excluding ortho intramolecular Hbond substituents is 1. The van der Waals surface area contributed by atoms with Crippen LogP contribution in [0.1, 0.15) is 10.4 Å². The van der Waals surface area contributed by atoms with Gasteiger partial charge in [0, 0.05) is 31.9 Å². The highest BCUT2D eigenvalue weighted by Gasteiger charge is 2.22. The molecule has 0 atom stereocenters. The maximum Gasteiger partial charge on any atom is 0.338 e. The number of esters is 1. The molecule has 0 aliphatic carbocycles. The van der Waals surface area contributed by atoms with E-state index in [1.165, 1.54) is 36.4 Å². The van der Waals surface area contributed by atoms with Crippen LogP contribution in [0.25, 0.3) is 0 Å². The zero-order valence-electron chi connectivity index (χ0n) is 14.1. The molecule has 1 fully saturated rings. The molecule has 1 saturated heterocycles. The second-order valence-corrected chi connectivity index (χ2v) is 5.97. The summed E-state index contributed by atoms with van der Waals surface area (Å²) in [5, 5.41) is 9.21. The summed E-state index contributed by atoms with van der Waals surface area (Å²) in [5.74, 6) is -1.09. The second-order valence-electron chi connectivity index (χ2n) is 5.97. The zero-order chi connectivity index (χ0) is 18.5. The van der Waals surface area contributed by atoms with Crippen molar-refractivity contribution < 1.29 is 23.8 Å². The van der Waals surface area contributed by atoms with Gasteiger partial charge in [0.1, 0.15) is 11.6 Å². The van der Waals surface area contributed by atoms with Crippen LogP contribution in [-0.2, 0) is 9.53 Å². The first kappa shape index (κ1) is 17.7. The van der Waals surface area contributed by atoms with Crippen LogP contribution in [0.15, 0.2) is 48.5 Å². The number of amides is 1. The van der Waals surface area contributed by atoms with Gasteiger partial charge < -0.3 is 19.6 Å². The number of halogens is 1. The van der Waals surface area contributed by atoms with Crippen molar-refractivity contribution in [2.24, 2.45) is 0 Å². The topological polar surface area (TPSA) is 70.1 Å². The first-order valence-corrected chi connectivity index (χ1v) is 8.27. The third-order valence-corrected chi connectivity index (χ3v) is 4.25. The fraction of sp³-hybridized carbons (Fsp3) is 0.263. The minimum absolute atomic E-state index is 0.0525. The lowest BCUT2D eigenvalue weighted by Crippen LogP contribution is -2.49. The van der Waals surface area contributed by atoms with Crippen molar-refractivity contribution >= 4 is 17.6 Å². The predicted molar refractivity (Wildman–Crippen MR) is 93.6 cm³/mol. The summed E-state index contributed by atoms with van der Waals surface area (Å²) in [4.78, 5) is 27.8. The third kappa shape index (κ3) is 4.30. The fourth-order valence-electron chi connectivity index (χ4n) is 2.77. The maximum absolute atomic E-state index is 13.0. The van der Waals surface area contributed by atoms with Gasteiger partial charge in [0.15, 0.2) is 6.61 Å². The van der Waals surface area contributed by atoms with Crippen molar-refractivity contribution in [1.29, 1.82) is 0 Å². The van der Waals surface area contributed by atoms with Crippen LogP contribution in [-0.4, -0.2) is 54.7 Å². The molecule has 136 valence electrons. The summed E-state index contributed by atoms with van der Waals surface area (Å²) in [6.07, 6.45) is 0. The molecule has 0 spiro atoms. The Bertz CT molecular complexity index is 769. The fourth-order valence-corrected chi connectivity index (χ4v) is 2.77. The van der Waals surface area contributed by atoms with Gasteiger partial charge in [-0.25, -0.2) is 9.18 Å². The number of carbonyl (C=O) groups is 2. The van der Waals surface area contributed by atoms with Gasteiger partial charge >= 0.3 is 5.97 Å². The van der Waals surface area contributed by atoms with Crippen molar-refractivity contribution in [3.8, 4) is 5.75 Å². The Morgan fingerprint density at radius 1 is 0.962 bits per heavy atom. The third-order valence-electron chi connectivity index (χ3n) is 4.25.